The van der Waals surface area contributed by atoms with Crippen LogP contribution in [0.5, 0.6) is 0 Å². The number of hydrogen-bond donors (Lipinski definition) is 0. The van der Waals surface area contributed by atoms with Crippen LogP contribution >= 0.6 is 0 Å². The van der Waals surface area contributed by atoms with E-state index in [-0.39, 0.29) is 6.04 Å². The van der Waals surface area contributed by atoms with Crippen molar-refractivity contribution in [2.45, 2.75) is 19.5 Å². The van der Waals surface area contributed by atoms with Crippen LogP contribution in [0.15, 0.2) is 34.3 Å². The van der Waals surface area contributed by atoms with Crippen molar-refractivity contribution in [3.8, 4) is 0 Å². The molecule has 7 nitrogen and oxygen atoms in total. The van der Waals surface area contributed by atoms with Crippen LogP contribution in [-0.2, 0) is 6.54 Å². The fourth-order valence-electron chi connectivity index (χ4n) is 2.01. The highest BCUT2D eigenvalue weighted by Crippen LogP contribution is 2.24. The summed E-state index contributed by atoms with van der Waals surface area (Å²) in [5.74, 6) is 0. The van der Waals surface area contributed by atoms with Gasteiger partial charge in [0.25, 0.3) is 0 Å². The minimum absolute atomic E-state index is 0.166. The SMILES string of the molecule is C[C@@H](Cn1ncc2ccc3ocnc3c21)N=[N+]=[N-]. The summed E-state index contributed by atoms with van der Waals surface area (Å²) in [7, 11) is 0. The molecular formula is C11H10N6O. The van der Waals surface area contributed by atoms with Crippen molar-refractivity contribution < 1.29 is 4.42 Å². The van der Waals surface area contributed by atoms with Gasteiger partial charge < -0.3 is 4.42 Å². The second-order valence-corrected chi connectivity index (χ2v) is 4.08. The molecule has 2 aromatic heterocycles. The number of fused-ring (bicyclic) bond motifs is 3. The van der Waals surface area contributed by atoms with Crippen molar-refractivity contribution in [1.82, 2.24) is 14.8 Å². The Bertz CT molecular complexity index is 751. The molecule has 0 radical (unpaired) electrons. The molecule has 0 aliphatic rings. The van der Waals surface area contributed by atoms with Crippen molar-refractivity contribution >= 4 is 22.0 Å². The van der Waals surface area contributed by atoms with Gasteiger partial charge in [0, 0.05) is 16.8 Å². The first-order valence-corrected chi connectivity index (χ1v) is 5.51. The second kappa shape index (κ2) is 4.05. The van der Waals surface area contributed by atoms with E-state index >= 15 is 0 Å². The predicted molar refractivity (Wildman–Crippen MR) is 65.9 cm³/mol. The van der Waals surface area contributed by atoms with Crippen LogP contribution < -0.4 is 0 Å². The van der Waals surface area contributed by atoms with Gasteiger partial charge in [0.2, 0.25) is 0 Å². The molecule has 3 aromatic rings. The molecule has 0 aliphatic heterocycles. The summed E-state index contributed by atoms with van der Waals surface area (Å²) in [6.07, 6.45) is 3.19. The maximum Gasteiger partial charge on any atom is 0.182 e. The van der Waals surface area contributed by atoms with Crippen LogP contribution in [-0.4, -0.2) is 20.8 Å². The summed E-state index contributed by atoms with van der Waals surface area (Å²) in [5.41, 5.74) is 10.8. The highest BCUT2D eigenvalue weighted by Gasteiger charge is 2.11. The number of benzene rings is 1. The lowest BCUT2D eigenvalue weighted by atomic mass is 10.2. The molecule has 0 fully saturated rings. The van der Waals surface area contributed by atoms with E-state index in [0.717, 1.165) is 22.0 Å². The lowest BCUT2D eigenvalue weighted by Crippen LogP contribution is -2.11. The van der Waals surface area contributed by atoms with Crippen molar-refractivity contribution in [3.63, 3.8) is 0 Å². The normalized spacial score (nSPS) is 12.7. The zero-order valence-electron chi connectivity index (χ0n) is 9.69. The average molecular weight is 242 g/mol. The molecule has 0 saturated carbocycles. The van der Waals surface area contributed by atoms with Gasteiger partial charge in [-0.3, -0.25) is 4.68 Å². The van der Waals surface area contributed by atoms with Gasteiger partial charge in [0.05, 0.1) is 17.8 Å². The standard InChI is InChI=1S/C11H10N6O/c1-7(15-16-12)5-17-11-8(4-14-17)2-3-9-10(11)13-6-18-9/h2-4,6-7H,5H2,1H3/t7-/m0/s1. The Morgan fingerprint density at radius 1 is 1.56 bits per heavy atom. The predicted octanol–water partition coefficient (Wildman–Crippen LogP) is 2.88. The molecule has 2 heterocycles. The molecular weight excluding hydrogens is 232 g/mol. The van der Waals surface area contributed by atoms with Crippen LogP contribution in [0.25, 0.3) is 32.4 Å². The number of aromatic nitrogens is 3. The molecule has 0 saturated heterocycles. The summed E-state index contributed by atoms with van der Waals surface area (Å²) >= 11 is 0. The van der Waals surface area contributed by atoms with E-state index < -0.39 is 0 Å². The van der Waals surface area contributed by atoms with Gasteiger partial charge in [-0.2, -0.15) is 5.10 Å². The third-order valence-corrected chi connectivity index (χ3v) is 2.79. The summed E-state index contributed by atoms with van der Waals surface area (Å²) in [4.78, 5) is 7.00. The number of nitrogens with zero attached hydrogens (tertiary/aromatic N) is 6. The number of hydrogen-bond acceptors (Lipinski definition) is 4. The Hall–Kier alpha value is -2.53. The van der Waals surface area contributed by atoms with Gasteiger partial charge in [0.1, 0.15) is 5.52 Å². The summed E-state index contributed by atoms with van der Waals surface area (Å²) in [5, 5.41) is 8.94. The van der Waals surface area contributed by atoms with Crippen LogP contribution in [0.4, 0.5) is 0 Å². The molecule has 1 atom stereocenters. The average Bonchev–Trinajstić information content (AvgIpc) is 2.94. The number of oxazole rings is 1. The minimum Gasteiger partial charge on any atom is -0.443 e. The maximum atomic E-state index is 8.42. The van der Waals surface area contributed by atoms with Crippen molar-refractivity contribution in [1.29, 1.82) is 0 Å². The highest BCUT2D eigenvalue weighted by atomic mass is 16.3. The molecule has 0 aliphatic carbocycles. The van der Waals surface area contributed by atoms with Gasteiger partial charge in [-0.05, 0) is 17.7 Å². The molecule has 18 heavy (non-hydrogen) atoms. The highest BCUT2D eigenvalue weighted by molar-refractivity contribution is 6.00. The third kappa shape index (κ3) is 1.57. The molecule has 0 N–H and O–H groups in total. The zero-order chi connectivity index (χ0) is 12.5. The Morgan fingerprint density at radius 2 is 2.44 bits per heavy atom. The monoisotopic (exact) mass is 242 g/mol. The molecule has 0 unspecified atom stereocenters. The summed E-state index contributed by atoms with van der Waals surface area (Å²) < 4.78 is 7.06. The topological polar surface area (TPSA) is 92.6 Å². The van der Waals surface area contributed by atoms with Crippen LogP contribution in [0.3, 0.4) is 0 Å². The maximum absolute atomic E-state index is 8.42. The first-order valence-electron chi connectivity index (χ1n) is 5.51. The number of azide groups is 1. The fraction of sp³-hybridized carbons (Fsp3) is 0.273. The quantitative estimate of drug-likeness (QED) is 0.401. The van der Waals surface area contributed by atoms with Crippen LogP contribution in [0, 0.1) is 0 Å². The Labute approximate surface area is 102 Å². The summed E-state index contributed by atoms with van der Waals surface area (Å²) in [6.45, 7) is 2.36. The van der Waals surface area contributed by atoms with E-state index in [1.807, 2.05) is 19.1 Å². The molecule has 3 rings (SSSR count). The molecule has 0 spiro atoms. The van der Waals surface area contributed by atoms with Crippen LogP contribution in [0.2, 0.25) is 0 Å². The molecule has 0 bridgehead atoms. The van der Waals surface area contributed by atoms with Gasteiger partial charge in [-0.25, -0.2) is 4.98 Å². The van der Waals surface area contributed by atoms with E-state index in [4.69, 9.17) is 9.95 Å². The van der Waals surface area contributed by atoms with Gasteiger partial charge in [0.15, 0.2) is 12.0 Å². The lowest BCUT2D eigenvalue weighted by Gasteiger charge is -2.06. The molecule has 0 amide bonds. The summed E-state index contributed by atoms with van der Waals surface area (Å²) in [6, 6.07) is 3.64. The Kier molecular flexibility index (Phi) is 2.39. The van der Waals surface area contributed by atoms with Crippen molar-refractivity contribution in [2.24, 2.45) is 5.11 Å². The van der Waals surface area contributed by atoms with Crippen molar-refractivity contribution in [3.05, 3.63) is 35.2 Å². The van der Waals surface area contributed by atoms with E-state index in [9.17, 15) is 0 Å². The first-order chi connectivity index (χ1) is 8.79. The van der Waals surface area contributed by atoms with E-state index in [1.165, 1.54) is 6.39 Å². The molecule has 7 heteroatoms. The molecule has 90 valence electrons. The van der Waals surface area contributed by atoms with E-state index in [2.05, 4.69) is 20.1 Å². The molecule has 1 aromatic carbocycles. The second-order valence-electron chi connectivity index (χ2n) is 4.08. The number of rotatable bonds is 3. The zero-order valence-corrected chi connectivity index (χ0v) is 9.69. The first kappa shape index (κ1) is 10.6. The smallest absolute Gasteiger partial charge is 0.182 e. The Balaban J connectivity index is 2.17. The Morgan fingerprint density at radius 3 is 3.28 bits per heavy atom. The van der Waals surface area contributed by atoms with Crippen LogP contribution in [0.1, 0.15) is 6.92 Å². The van der Waals surface area contributed by atoms with Gasteiger partial charge >= 0.3 is 0 Å². The van der Waals surface area contributed by atoms with Crippen molar-refractivity contribution in [2.75, 3.05) is 0 Å². The van der Waals surface area contributed by atoms with Gasteiger partial charge in [-0.15, -0.1) is 0 Å². The largest absolute Gasteiger partial charge is 0.443 e. The lowest BCUT2D eigenvalue weighted by molar-refractivity contribution is 0.552. The minimum atomic E-state index is -0.166. The van der Waals surface area contributed by atoms with Gasteiger partial charge in [-0.1, -0.05) is 12.0 Å². The third-order valence-electron chi connectivity index (χ3n) is 2.79. The van der Waals surface area contributed by atoms with E-state index in [1.54, 1.807) is 10.9 Å². The van der Waals surface area contributed by atoms with E-state index in [0.29, 0.717) is 6.54 Å². The fourth-order valence-corrected chi connectivity index (χ4v) is 2.01.